The van der Waals surface area contributed by atoms with Gasteiger partial charge in [0, 0.05) is 70.1 Å². The summed E-state index contributed by atoms with van der Waals surface area (Å²) in [6.45, 7) is 10.6. The highest BCUT2D eigenvalue weighted by Crippen LogP contribution is 2.34. The van der Waals surface area contributed by atoms with Gasteiger partial charge in [-0.05, 0) is 75.2 Å². The highest BCUT2D eigenvalue weighted by atomic mass is 35.5. The van der Waals surface area contributed by atoms with Gasteiger partial charge in [-0.2, -0.15) is 0 Å². The number of methoxy groups -OCH3 is 1. The fraction of sp³-hybridized carbons (Fsp3) is 0.333. The number of carbonyl (C=O) groups is 2. The molecule has 0 unspecified atom stereocenters. The number of rotatable bonds is 8. The lowest BCUT2D eigenvalue weighted by atomic mass is 9.91. The number of nitrogens with one attached hydrogen (secondary N) is 2. The first kappa shape index (κ1) is 38.2. The smallest absolute Gasteiger partial charge is 0.253 e. The first-order chi connectivity index (χ1) is 25.9. The third-order valence-electron chi connectivity index (χ3n) is 9.55. The van der Waals surface area contributed by atoms with Crippen LogP contribution in [-0.4, -0.2) is 48.8 Å². The van der Waals surface area contributed by atoms with E-state index >= 15 is 0 Å². The van der Waals surface area contributed by atoms with Crippen molar-refractivity contribution in [2.24, 2.45) is 0 Å². The standard InChI is InChI=1S/C21H21ClN4O.C21H24N4O2/c1-13-17(11-15-7-4-10-23-20(15)25-13)21(27)24-12-16-8-9-18(26-19(16)22)14-5-2-3-6-14;1-13-16(11-14-7-6-10-22-18(14)24-13)19(26)23-12-15-8-9-17(21(2,3)4)25-20(15)27-5/h4,7-11,14H,2-3,5-6,12H2,1H3,(H,24,27);6-11H,12H2,1-5H3,(H,23,26). The van der Waals surface area contributed by atoms with E-state index in [1.54, 1.807) is 19.5 Å². The van der Waals surface area contributed by atoms with Gasteiger partial charge in [-0.15, -0.1) is 0 Å². The van der Waals surface area contributed by atoms with Crippen LogP contribution in [0.3, 0.4) is 0 Å². The number of pyridine rings is 6. The first-order valence-electron chi connectivity index (χ1n) is 18.1. The molecule has 1 aliphatic carbocycles. The molecule has 12 heteroatoms. The maximum absolute atomic E-state index is 12.7. The Kier molecular flexibility index (Phi) is 11.8. The van der Waals surface area contributed by atoms with Gasteiger partial charge in [0.1, 0.15) is 5.15 Å². The summed E-state index contributed by atoms with van der Waals surface area (Å²) < 4.78 is 5.42. The molecule has 0 saturated heterocycles. The Balaban J connectivity index is 0.000000184. The molecule has 0 aromatic carbocycles. The van der Waals surface area contributed by atoms with Crippen LogP contribution in [0.15, 0.2) is 73.1 Å². The zero-order valence-electron chi connectivity index (χ0n) is 31.5. The van der Waals surface area contributed by atoms with Gasteiger partial charge in [-0.1, -0.05) is 57.3 Å². The third-order valence-corrected chi connectivity index (χ3v) is 9.88. The van der Waals surface area contributed by atoms with Crippen molar-refractivity contribution in [2.75, 3.05) is 7.11 Å². The molecule has 0 spiro atoms. The second-order valence-corrected chi connectivity index (χ2v) is 14.8. The van der Waals surface area contributed by atoms with Crippen LogP contribution in [0.2, 0.25) is 5.15 Å². The molecule has 6 aromatic rings. The Morgan fingerprint density at radius 2 is 1.30 bits per heavy atom. The molecular weight excluding hydrogens is 700 g/mol. The van der Waals surface area contributed by atoms with E-state index in [4.69, 9.17) is 16.3 Å². The Morgan fingerprint density at radius 3 is 1.81 bits per heavy atom. The molecule has 1 aliphatic rings. The quantitative estimate of drug-likeness (QED) is 0.148. The number of carbonyl (C=O) groups excluding carboxylic acids is 2. The zero-order valence-corrected chi connectivity index (χ0v) is 32.3. The molecule has 6 aromatic heterocycles. The zero-order chi connectivity index (χ0) is 38.4. The molecule has 0 bridgehead atoms. The minimum Gasteiger partial charge on any atom is -0.481 e. The summed E-state index contributed by atoms with van der Waals surface area (Å²) in [7, 11) is 1.59. The average molecular weight is 745 g/mol. The molecule has 278 valence electrons. The minimum atomic E-state index is -0.187. The highest BCUT2D eigenvalue weighted by Gasteiger charge is 2.21. The lowest BCUT2D eigenvalue weighted by Crippen LogP contribution is -2.25. The van der Waals surface area contributed by atoms with Crippen LogP contribution in [0.1, 0.15) is 107 Å². The van der Waals surface area contributed by atoms with Crippen LogP contribution in [0, 0.1) is 13.8 Å². The topological polar surface area (TPSA) is 145 Å². The van der Waals surface area contributed by atoms with E-state index in [0.29, 0.717) is 63.8 Å². The van der Waals surface area contributed by atoms with Crippen molar-refractivity contribution < 1.29 is 14.3 Å². The van der Waals surface area contributed by atoms with Crippen molar-refractivity contribution in [1.82, 2.24) is 40.5 Å². The predicted octanol–water partition coefficient (Wildman–Crippen LogP) is 8.14. The van der Waals surface area contributed by atoms with Crippen LogP contribution in [-0.2, 0) is 18.5 Å². The number of halogens is 1. The molecular formula is C42H45ClN8O3. The van der Waals surface area contributed by atoms with Crippen LogP contribution in [0.25, 0.3) is 22.1 Å². The molecule has 2 N–H and O–H groups in total. The summed E-state index contributed by atoms with van der Waals surface area (Å²) >= 11 is 6.36. The second-order valence-electron chi connectivity index (χ2n) is 14.5. The summed E-state index contributed by atoms with van der Waals surface area (Å²) in [5, 5.41) is 8.01. The van der Waals surface area contributed by atoms with Gasteiger partial charge < -0.3 is 15.4 Å². The number of fused-ring (bicyclic) bond motifs is 2. The number of ether oxygens (including phenoxy) is 1. The van der Waals surface area contributed by atoms with Gasteiger partial charge >= 0.3 is 0 Å². The molecule has 6 heterocycles. The van der Waals surface area contributed by atoms with E-state index < -0.39 is 0 Å². The molecule has 54 heavy (non-hydrogen) atoms. The molecule has 1 fully saturated rings. The lowest BCUT2D eigenvalue weighted by molar-refractivity contribution is 0.0941. The average Bonchev–Trinajstić information content (AvgIpc) is 3.71. The monoisotopic (exact) mass is 744 g/mol. The van der Waals surface area contributed by atoms with Crippen LogP contribution >= 0.6 is 11.6 Å². The normalized spacial score (nSPS) is 13.0. The van der Waals surface area contributed by atoms with Crippen LogP contribution < -0.4 is 15.4 Å². The van der Waals surface area contributed by atoms with Crippen molar-refractivity contribution in [3.05, 3.63) is 123 Å². The van der Waals surface area contributed by atoms with E-state index in [1.807, 2.05) is 74.5 Å². The number of hydrogen-bond acceptors (Lipinski definition) is 9. The number of aromatic nitrogens is 6. The SMILES string of the molecule is COc1nc(C(C)(C)C)ccc1CNC(=O)c1cc2cccnc2nc1C.Cc1nc2ncccc2cc1C(=O)NCc1ccc(C2CCCC2)nc1Cl. The van der Waals surface area contributed by atoms with Crippen molar-refractivity contribution >= 4 is 45.5 Å². The van der Waals surface area contributed by atoms with Gasteiger partial charge in [-0.3, -0.25) is 9.59 Å². The largest absolute Gasteiger partial charge is 0.481 e. The number of amides is 2. The summed E-state index contributed by atoms with van der Waals surface area (Å²) in [6, 6.07) is 19.0. The summed E-state index contributed by atoms with van der Waals surface area (Å²) in [4.78, 5) is 51.7. The minimum absolute atomic E-state index is 0.0725. The van der Waals surface area contributed by atoms with Gasteiger partial charge in [0.25, 0.3) is 11.8 Å². The third kappa shape index (κ3) is 8.97. The van der Waals surface area contributed by atoms with Crippen LogP contribution in [0.4, 0.5) is 0 Å². The summed E-state index contributed by atoms with van der Waals surface area (Å²) in [5.41, 5.74) is 7.23. The van der Waals surface area contributed by atoms with Crippen LogP contribution in [0.5, 0.6) is 5.88 Å². The predicted molar refractivity (Wildman–Crippen MR) is 211 cm³/mol. The number of nitrogens with zero attached hydrogens (tertiary/aromatic N) is 6. The van der Waals surface area contributed by atoms with E-state index in [2.05, 4.69) is 61.3 Å². The van der Waals surface area contributed by atoms with Gasteiger partial charge in [0.15, 0.2) is 11.3 Å². The molecule has 0 radical (unpaired) electrons. The molecule has 11 nitrogen and oxygen atoms in total. The van der Waals surface area contributed by atoms with Gasteiger partial charge in [0.2, 0.25) is 5.88 Å². The fourth-order valence-electron chi connectivity index (χ4n) is 6.45. The Bertz CT molecular complexity index is 2320. The first-order valence-corrected chi connectivity index (χ1v) is 18.5. The maximum Gasteiger partial charge on any atom is 0.253 e. The molecule has 1 saturated carbocycles. The van der Waals surface area contributed by atoms with Crippen molar-refractivity contribution in [2.45, 2.75) is 84.7 Å². The Hall–Kier alpha value is -5.55. The maximum atomic E-state index is 12.7. The highest BCUT2D eigenvalue weighted by molar-refractivity contribution is 6.30. The molecule has 2 amide bonds. The van der Waals surface area contributed by atoms with Gasteiger partial charge in [-0.25, -0.2) is 29.9 Å². The van der Waals surface area contributed by atoms with Gasteiger partial charge in [0.05, 0.1) is 29.6 Å². The van der Waals surface area contributed by atoms with Crippen molar-refractivity contribution in [1.29, 1.82) is 0 Å². The Morgan fingerprint density at radius 1 is 0.759 bits per heavy atom. The summed E-state index contributed by atoms with van der Waals surface area (Å²) in [6.07, 6.45) is 8.27. The molecule has 7 rings (SSSR count). The van der Waals surface area contributed by atoms with E-state index in [-0.39, 0.29) is 17.2 Å². The van der Waals surface area contributed by atoms with Crippen molar-refractivity contribution in [3.63, 3.8) is 0 Å². The number of aryl methyl sites for hydroxylation is 2. The summed E-state index contributed by atoms with van der Waals surface area (Å²) in [5.74, 6) is 0.681. The lowest BCUT2D eigenvalue weighted by Gasteiger charge is -2.19. The van der Waals surface area contributed by atoms with E-state index in [1.165, 1.54) is 25.7 Å². The second kappa shape index (κ2) is 16.6. The number of hydrogen-bond donors (Lipinski definition) is 2. The fourth-order valence-corrected chi connectivity index (χ4v) is 6.67. The molecule has 0 atom stereocenters. The van der Waals surface area contributed by atoms with E-state index in [9.17, 15) is 9.59 Å². The van der Waals surface area contributed by atoms with Crippen molar-refractivity contribution in [3.8, 4) is 5.88 Å². The molecule has 0 aliphatic heterocycles. The Labute approximate surface area is 320 Å². The van der Waals surface area contributed by atoms with E-state index in [0.717, 1.165) is 33.3 Å².